The summed E-state index contributed by atoms with van der Waals surface area (Å²) in [6.45, 7) is 5.25. The van der Waals surface area contributed by atoms with Gasteiger partial charge in [-0.2, -0.15) is 0 Å². The van der Waals surface area contributed by atoms with Gasteiger partial charge in [-0.15, -0.1) is 5.10 Å². The van der Waals surface area contributed by atoms with Gasteiger partial charge in [0.1, 0.15) is 11.8 Å². The van der Waals surface area contributed by atoms with Crippen molar-refractivity contribution in [2.45, 2.75) is 44.7 Å². The number of anilines is 1. The molecule has 0 radical (unpaired) electrons. The molecule has 1 aliphatic heterocycles. The van der Waals surface area contributed by atoms with Gasteiger partial charge < -0.3 is 14.6 Å². The van der Waals surface area contributed by atoms with Crippen LogP contribution in [0.15, 0.2) is 47.3 Å². The smallest absolute Gasteiger partial charge is 0.253 e. The lowest BCUT2D eigenvalue weighted by atomic mass is 10.0. The van der Waals surface area contributed by atoms with Crippen LogP contribution in [0, 0.1) is 6.92 Å². The van der Waals surface area contributed by atoms with Gasteiger partial charge in [0, 0.05) is 48.5 Å². The number of ether oxygens (including phenoxy) is 1. The summed E-state index contributed by atoms with van der Waals surface area (Å²) in [6, 6.07) is 13.7. The monoisotopic (exact) mass is 533 g/mol. The van der Waals surface area contributed by atoms with Gasteiger partial charge in [0.05, 0.1) is 18.7 Å². The van der Waals surface area contributed by atoms with E-state index in [1.807, 2.05) is 41.1 Å². The number of halogens is 1. The molecule has 198 valence electrons. The lowest BCUT2D eigenvalue weighted by Gasteiger charge is -2.40. The fourth-order valence-corrected chi connectivity index (χ4v) is 6.13. The maximum absolute atomic E-state index is 13.6. The van der Waals surface area contributed by atoms with E-state index in [4.69, 9.17) is 16.3 Å². The summed E-state index contributed by atoms with van der Waals surface area (Å²) in [6.07, 6.45) is 4.45. The van der Waals surface area contributed by atoms with Crippen molar-refractivity contribution in [3.05, 3.63) is 74.8 Å². The van der Waals surface area contributed by atoms with Gasteiger partial charge >= 0.3 is 0 Å². The van der Waals surface area contributed by atoms with Crippen LogP contribution in [0.4, 0.5) is 5.69 Å². The van der Waals surface area contributed by atoms with E-state index in [1.54, 1.807) is 7.11 Å². The van der Waals surface area contributed by atoms with Gasteiger partial charge in [-0.05, 0) is 71.5 Å². The number of aromatic amines is 1. The molecular formula is C28H32ClN7O2. The molecule has 1 aliphatic carbocycles. The molecule has 2 aromatic carbocycles. The minimum Gasteiger partial charge on any atom is -0.497 e. The Morgan fingerprint density at radius 1 is 1.05 bits per heavy atom. The molecule has 2 aromatic heterocycles. The standard InChI is InChI=1S/C28H32ClN7O2/c1-18-7-9-20(29)16-25(18)34-11-13-35(14-12-34)26(27-31-32-33-36(27)21-5-3-4-6-21)23-15-19-8-10-22(38-2)17-24(19)30-28(23)37/h7-10,15-17,21,26H,3-6,11-14H2,1-2H3,(H,30,37)/t26-/m1/s1. The average molecular weight is 534 g/mol. The fourth-order valence-electron chi connectivity index (χ4n) is 5.96. The van der Waals surface area contributed by atoms with E-state index < -0.39 is 0 Å². The third-order valence-electron chi connectivity index (χ3n) is 8.00. The number of methoxy groups -OCH3 is 1. The Hall–Kier alpha value is -3.43. The van der Waals surface area contributed by atoms with Gasteiger partial charge in [0.25, 0.3) is 5.56 Å². The predicted molar refractivity (Wildman–Crippen MR) is 148 cm³/mol. The molecule has 0 spiro atoms. The Bertz CT molecular complexity index is 1500. The number of aromatic nitrogens is 5. The topological polar surface area (TPSA) is 92.2 Å². The van der Waals surface area contributed by atoms with Crippen LogP contribution >= 0.6 is 11.6 Å². The number of nitrogens with zero attached hydrogens (tertiary/aromatic N) is 6. The molecule has 3 heterocycles. The molecule has 10 heteroatoms. The quantitative estimate of drug-likeness (QED) is 0.390. The van der Waals surface area contributed by atoms with E-state index in [0.717, 1.165) is 66.5 Å². The summed E-state index contributed by atoms with van der Waals surface area (Å²) in [5, 5.41) is 14.7. The third kappa shape index (κ3) is 4.65. The van der Waals surface area contributed by atoms with Crippen molar-refractivity contribution in [3.63, 3.8) is 0 Å². The van der Waals surface area contributed by atoms with Crippen molar-refractivity contribution in [2.75, 3.05) is 38.2 Å². The van der Waals surface area contributed by atoms with Crippen LogP contribution in [0.25, 0.3) is 10.9 Å². The van der Waals surface area contributed by atoms with E-state index in [-0.39, 0.29) is 17.6 Å². The lowest BCUT2D eigenvalue weighted by Crippen LogP contribution is -2.49. The highest BCUT2D eigenvalue weighted by Gasteiger charge is 2.35. The van der Waals surface area contributed by atoms with Crippen LogP contribution in [-0.2, 0) is 0 Å². The molecule has 2 aliphatic rings. The Kier molecular flexibility index (Phi) is 6.80. The van der Waals surface area contributed by atoms with Crippen LogP contribution in [0.3, 0.4) is 0 Å². The summed E-state index contributed by atoms with van der Waals surface area (Å²) in [7, 11) is 1.62. The molecule has 1 N–H and O–H groups in total. The number of hydrogen-bond donors (Lipinski definition) is 1. The van der Waals surface area contributed by atoms with Gasteiger partial charge in [-0.3, -0.25) is 9.69 Å². The summed E-state index contributed by atoms with van der Waals surface area (Å²) >= 11 is 6.32. The number of fused-ring (bicyclic) bond motifs is 1. The second-order valence-electron chi connectivity index (χ2n) is 10.3. The lowest BCUT2D eigenvalue weighted by molar-refractivity contribution is 0.197. The van der Waals surface area contributed by atoms with Gasteiger partial charge in [-0.25, -0.2) is 4.68 Å². The summed E-state index contributed by atoms with van der Waals surface area (Å²) in [5.41, 5.74) is 3.62. The Morgan fingerprint density at radius 3 is 2.61 bits per heavy atom. The van der Waals surface area contributed by atoms with E-state index in [1.165, 1.54) is 18.4 Å². The van der Waals surface area contributed by atoms with Gasteiger partial charge in [0.15, 0.2) is 5.82 Å². The molecule has 9 nitrogen and oxygen atoms in total. The highest BCUT2D eigenvalue weighted by molar-refractivity contribution is 6.30. The Balaban J connectivity index is 1.38. The SMILES string of the molecule is COc1ccc2cc([C@H](c3nnnn3C3CCCC3)N3CCN(c4cc(Cl)ccc4C)CC3)c(=O)[nH]c2c1. The largest absolute Gasteiger partial charge is 0.497 e. The minimum atomic E-state index is -0.358. The maximum atomic E-state index is 13.6. The second kappa shape index (κ2) is 10.4. The molecule has 4 aromatic rings. The molecule has 0 amide bonds. The zero-order chi connectivity index (χ0) is 26.2. The number of benzene rings is 2. The molecule has 0 unspecified atom stereocenters. The van der Waals surface area contributed by atoms with Crippen molar-refractivity contribution in [1.82, 2.24) is 30.1 Å². The van der Waals surface area contributed by atoms with E-state index in [0.29, 0.717) is 11.3 Å². The van der Waals surface area contributed by atoms with E-state index >= 15 is 0 Å². The summed E-state index contributed by atoms with van der Waals surface area (Å²) in [5.74, 6) is 1.44. The van der Waals surface area contributed by atoms with Crippen molar-refractivity contribution >= 4 is 28.2 Å². The van der Waals surface area contributed by atoms with Gasteiger partial charge in [0.2, 0.25) is 0 Å². The Morgan fingerprint density at radius 2 is 1.84 bits per heavy atom. The van der Waals surface area contributed by atoms with Crippen LogP contribution in [0.1, 0.15) is 54.7 Å². The number of nitrogens with one attached hydrogen (secondary N) is 1. The summed E-state index contributed by atoms with van der Waals surface area (Å²) in [4.78, 5) is 21.4. The average Bonchev–Trinajstić information content (AvgIpc) is 3.63. The zero-order valence-corrected chi connectivity index (χ0v) is 22.5. The summed E-state index contributed by atoms with van der Waals surface area (Å²) < 4.78 is 7.33. The molecule has 1 saturated carbocycles. The predicted octanol–water partition coefficient (Wildman–Crippen LogP) is 4.51. The number of H-pyrrole nitrogens is 1. The number of tetrazole rings is 1. The van der Waals surface area contributed by atoms with Crippen LogP contribution in [0.2, 0.25) is 5.02 Å². The molecular weight excluding hydrogens is 502 g/mol. The van der Waals surface area contributed by atoms with Crippen LogP contribution in [-0.4, -0.2) is 63.4 Å². The molecule has 6 rings (SSSR count). The second-order valence-corrected chi connectivity index (χ2v) is 10.7. The number of rotatable bonds is 6. The highest BCUT2D eigenvalue weighted by Crippen LogP contribution is 2.35. The number of pyridine rings is 1. The first-order valence-electron chi connectivity index (χ1n) is 13.3. The number of hydrogen-bond acceptors (Lipinski definition) is 7. The normalized spacial score (nSPS) is 17.8. The maximum Gasteiger partial charge on any atom is 0.253 e. The zero-order valence-electron chi connectivity index (χ0n) is 21.7. The molecule has 2 fully saturated rings. The van der Waals surface area contributed by atoms with Crippen molar-refractivity contribution in [3.8, 4) is 5.75 Å². The Labute approximate surface area is 226 Å². The van der Waals surface area contributed by atoms with Crippen LogP contribution in [0.5, 0.6) is 5.75 Å². The number of aryl methyl sites for hydroxylation is 1. The highest BCUT2D eigenvalue weighted by atomic mass is 35.5. The molecule has 1 atom stereocenters. The van der Waals surface area contributed by atoms with Crippen molar-refractivity contribution in [2.24, 2.45) is 0 Å². The first-order valence-corrected chi connectivity index (χ1v) is 13.6. The van der Waals surface area contributed by atoms with Gasteiger partial charge in [-0.1, -0.05) is 30.5 Å². The van der Waals surface area contributed by atoms with E-state index in [9.17, 15) is 4.79 Å². The molecule has 1 saturated heterocycles. The molecule has 0 bridgehead atoms. The third-order valence-corrected chi connectivity index (χ3v) is 8.24. The number of piperazine rings is 1. The van der Waals surface area contributed by atoms with E-state index in [2.05, 4.69) is 43.3 Å². The molecule has 38 heavy (non-hydrogen) atoms. The minimum absolute atomic E-state index is 0.134. The van der Waals surface area contributed by atoms with Crippen LogP contribution < -0.4 is 15.2 Å². The van der Waals surface area contributed by atoms with Crippen molar-refractivity contribution < 1.29 is 4.74 Å². The first-order chi connectivity index (χ1) is 18.5. The van der Waals surface area contributed by atoms with Crippen molar-refractivity contribution in [1.29, 1.82) is 0 Å². The first kappa shape index (κ1) is 24.9. The fraction of sp³-hybridized carbons (Fsp3) is 0.429.